The van der Waals surface area contributed by atoms with Gasteiger partial charge in [-0.3, -0.25) is 9.80 Å². The molecule has 2 saturated heterocycles. The highest BCUT2D eigenvalue weighted by Crippen LogP contribution is 2.67. The van der Waals surface area contributed by atoms with Crippen LogP contribution >= 0.6 is 0 Å². The molecule has 5 atom stereocenters. The van der Waals surface area contributed by atoms with Crippen LogP contribution in [0.25, 0.3) is 0 Å². The Kier molecular flexibility index (Phi) is 2.21. The van der Waals surface area contributed by atoms with Gasteiger partial charge in [-0.25, -0.2) is 0 Å². The molecule has 0 amide bonds. The maximum atomic E-state index is 2.94. The molecule has 2 aliphatic heterocycles. The fraction of sp³-hybridized carbons (Fsp3) is 1.00. The quantitative estimate of drug-likeness (QED) is 0.700. The van der Waals surface area contributed by atoms with Crippen molar-refractivity contribution >= 4 is 0 Å². The summed E-state index contributed by atoms with van der Waals surface area (Å²) >= 11 is 0. The molecule has 3 saturated carbocycles. The van der Waals surface area contributed by atoms with Gasteiger partial charge in [0.2, 0.25) is 0 Å². The average Bonchev–Trinajstić information content (AvgIpc) is 2.70. The molecule has 18 heavy (non-hydrogen) atoms. The molecule has 3 aliphatic carbocycles. The zero-order valence-electron chi connectivity index (χ0n) is 11.4. The zero-order valence-corrected chi connectivity index (χ0v) is 11.4. The Morgan fingerprint density at radius 1 is 0.722 bits per heavy atom. The molecule has 2 nitrogen and oxygen atoms in total. The molecule has 0 aromatic rings. The molecule has 0 spiro atoms. The van der Waals surface area contributed by atoms with E-state index in [-0.39, 0.29) is 0 Å². The summed E-state index contributed by atoms with van der Waals surface area (Å²) in [5.74, 6) is 4.59. The van der Waals surface area contributed by atoms with Crippen molar-refractivity contribution in [2.45, 2.75) is 50.6 Å². The molecule has 2 bridgehead atoms. The second-order valence-electron chi connectivity index (χ2n) is 7.66. The van der Waals surface area contributed by atoms with Gasteiger partial charge in [0.25, 0.3) is 0 Å². The Morgan fingerprint density at radius 2 is 1.44 bits per heavy atom. The molecule has 5 fully saturated rings. The van der Waals surface area contributed by atoms with Gasteiger partial charge in [-0.1, -0.05) is 0 Å². The lowest BCUT2D eigenvalue weighted by Crippen LogP contribution is -2.39. The lowest BCUT2D eigenvalue weighted by molar-refractivity contribution is 0.190. The molecule has 5 rings (SSSR count). The number of hydrogen-bond acceptors (Lipinski definition) is 2. The molecular weight excluding hydrogens is 220 g/mol. The molecule has 5 aliphatic rings. The summed E-state index contributed by atoms with van der Waals surface area (Å²) in [7, 11) is 0. The van der Waals surface area contributed by atoms with Crippen LogP contribution in [0.5, 0.6) is 0 Å². The fourth-order valence-corrected chi connectivity index (χ4v) is 6.27. The number of hydrogen-bond donors (Lipinski definition) is 0. The van der Waals surface area contributed by atoms with Gasteiger partial charge in [0.15, 0.2) is 0 Å². The van der Waals surface area contributed by atoms with Crippen molar-refractivity contribution < 1.29 is 0 Å². The SMILES string of the molecule is C1CC2CN(C3C4C5CCC(C5)C43)CCCN2C1. The van der Waals surface area contributed by atoms with E-state index in [1.54, 1.807) is 19.3 Å². The maximum absolute atomic E-state index is 2.94. The highest BCUT2D eigenvalue weighted by atomic mass is 15.3. The molecule has 2 heteroatoms. The van der Waals surface area contributed by atoms with Crippen molar-refractivity contribution in [3.63, 3.8) is 0 Å². The standard InChI is InChI=1S/C16H26N2/c1-3-13-10-18(8-2-7-17(13)6-1)16-14-11-4-5-12(9-11)15(14)16/h11-16H,1-10H2. The van der Waals surface area contributed by atoms with Gasteiger partial charge in [0.1, 0.15) is 0 Å². The van der Waals surface area contributed by atoms with Crippen LogP contribution in [-0.2, 0) is 0 Å². The van der Waals surface area contributed by atoms with Gasteiger partial charge in [-0.05, 0) is 81.8 Å². The molecular formula is C16H26N2. The average molecular weight is 246 g/mol. The van der Waals surface area contributed by atoms with E-state index in [0.717, 1.165) is 35.8 Å². The Morgan fingerprint density at radius 3 is 2.28 bits per heavy atom. The maximum Gasteiger partial charge on any atom is 0.0223 e. The van der Waals surface area contributed by atoms with Crippen LogP contribution in [-0.4, -0.2) is 48.1 Å². The van der Waals surface area contributed by atoms with Gasteiger partial charge in [0, 0.05) is 18.6 Å². The van der Waals surface area contributed by atoms with Gasteiger partial charge < -0.3 is 0 Å². The summed E-state index contributed by atoms with van der Waals surface area (Å²) in [6.45, 7) is 5.60. The van der Waals surface area contributed by atoms with E-state index < -0.39 is 0 Å². The second kappa shape index (κ2) is 3.73. The van der Waals surface area contributed by atoms with Crippen LogP contribution in [0, 0.1) is 23.7 Å². The van der Waals surface area contributed by atoms with Crippen LogP contribution in [0.15, 0.2) is 0 Å². The highest BCUT2D eigenvalue weighted by Gasteiger charge is 2.66. The molecule has 0 aromatic carbocycles. The first-order valence-electron chi connectivity index (χ1n) is 8.40. The minimum Gasteiger partial charge on any atom is -0.299 e. The Labute approximate surface area is 111 Å². The topological polar surface area (TPSA) is 6.48 Å². The molecule has 5 unspecified atom stereocenters. The lowest BCUT2D eigenvalue weighted by Gasteiger charge is -2.27. The van der Waals surface area contributed by atoms with Crippen molar-refractivity contribution in [1.29, 1.82) is 0 Å². The van der Waals surface area contributed by atoms with Crippen LogP contribution in [0.1, 0.15) is 38.5 Å². The Balaban J connectivity index is 1.33. The van der Waals surface area contributed by atoms with Crippen LogP contribution in [0.4, 0.5) is 0 Å². The van der Waals surface area contributed by atoms with Crippen LogP contribution < -0.4 is 0 Å². The third-order valence-corrected chi connectivity index (χ3v) is 6.95. The van der Waals surface area contributed by atoms with E-state index in [1.807, 2.05) is 0 Å². The third kappa shape index (κ3) is 1.37. The predicted molar refractivity (Wildman–Crippen MR) is 72.4 cm³/mol. The summed E-state index contributed by atoms with van der Waals surface area (Å²) in [5.41, 5.74) is 0. The van der Waals surface area contributed by atoms with Crippen molar-refractivity contribution in [2.75, 3.05) is 26.2 Å². The van der Waals surface area contributed by atoms with Gasteiger partial charge in [-0.15, -0.1) is 0 Å². The largest absolute Gasteiger partial charge is 0.299 e. The summed E-state index contributed by atoms with van der Waals surface area (Å²) in [6, 6.07) is 1.96. The zero-order chi connectivity index (χ0) is 11.7. The van der Waals surface area contributed by atoms with E-state index in [4.69, 9.17) is 0 Å². The van der Waals surface area contributed by atoms with Crippen molar-refractivity contribution in [2.24, 2.45) is 23.7 Å². The van der Waals surface area contributed by atoms with E-state index in [0.29, 0.717) is 0 Å². The monoisotopic (exact) mass is 246 g/mol. The normalized spacial score (nSPS) is 55.3. The lowest BCUT2D eigenvalue weighted by atomic mass is 10.0. The van der Waals surface area contributed by atoms with Crippen molar-refractivity contribution in [3.8, 4) is 0 Å². The summed E-state index contributed by atoms with van der Waals surface area (Å²) in [5, 5.41) is 0. The van der Waals surface area contributed by atoms with E-state index >= 15 is 0 Å². The number of nitrogens with zero attached hydrogens (tertiary/aromatic N) is 2. The molecule has 100 valence electrons. The summed E-state index contributed by atoms with van der Waals surface area (Å²) in [6.07, 6.45) is 9.13. The van der Waals surface area contributed by atoms with Crippen molar-refractivity contribution in [1.82, 2.24) is 9.80 Å². The van der Waals surface area contributed by atoms with Crippen LogP contribution in [0.3, 0.4) is 0 Å². The minimum atomic E-state index is 0.923. The van der Waals surface area contributed by atoms with Crippen LogP contribution in [0.2, 0.25) is 0 Å². The highest BCUT2D eigenvalue weighted by molar-refractivity contribution is 5.17. The minimum absolute atomic E-state index is 0.923. The first kappa shape index (κ1) is 10.7. The predicted octanol–water partition coefficient (Wildman–Crippen LogP) is 2.20. The fourth-order valence-electron chi connectivity index (χ4n) is 6.27. The Hall–Kier alpha value is -0.0800. The molecule has 2 heterocycles. The second-order valence-corrected chi connectivity index (χ2v) is 7.66. The van der Waals surface area contributed by atoms with E-state index in [1.165, 1.54) is 45.4 Å². The molecule has 0 radical (unpaired) electrons. The number of rotatable bonds is 1. The molecule has 0 aromatic heterocycles. The summed E-state index contributed by atoms with van der Waals surface area (Å²) < 4.78 is 0. The number of fused-ring (bicyclic) bond motifs is 6. The van der Waals surface area contributed by atoms with Crippen molar-refractivity contribution in [3.05, 3.63) is 0 Å². The van der Waals surface area contributed by atoms with E-state index in [9.17, 15) is 0 Å². The smallest absolute Gasteiger partial charge is 0.0223 e. The first-order chi connectivity index (χ1) is 8.92. The van der Waals surface area contributed by atoms with Gasteiger partial charge in [0.05, 0.1) is 0 Å². The van der Waals surface area contributed by atoms with Gasteiger partial charge in [-0.2, -0.15) is 0 Å². The summed E-state index contributed by atoms with van der Waals surface area (Å²) in [4.78, 5) is 5.72. The molecule has 0 N–H and O–H groups in total. The first-order valence-corrected chi connectivity index (χ1v) is 8.40. The Bertz CT molecular complexity index is 339. The third-order valence-electron chi connectivity index (χ3n) is 6.95. The van der Waals surface area contributed by atoms with E-state index in [2.05, 4.69) is 9.80 Å². The van der Waals surface area contributed by atoms with Gasteiger partial charge >= 0.3 is 0 Å².